The Morgan fingerprint density at radius 1 is 1.30 bits per heavy atom. The highest BCUT2D eigenvalue weighted by Gasteiger charge is 2.21. The third-order valence-corrected chi connectivity index (χ3v) is 6.20. The highest BCUT2D eigenvalue weighted by molar-refractivity contribution is 7.09. The molecule has 3 aromatic rings. The zero-order chi connectivity index (χ0) is 23.0. The summed E-state index contributed by atoms with van der Waals surface area (Å²) in [5, 5.41) is 3.01. The molecule has 0 radical (unpaired) electrons. The molecule has 1 saturated heterocycles. The Labute approximate surface area is 197 Å². The number of amides is 1. The molecule has 0 bridgehead atoms. The van der Waals surface area contributed by atoms with Gasteiger partial charge < -0.3 is 14.4 Å². The third kappa shape index (κ3) is 6.97. The van der Waals surface area contributed by atoms with Crippen molar-refractivity contribution in [3.63, 3.8) is 0 Å². The molecular formula is C26H27FN2O3S. The van der Waals surface area contributed by atoms with Gasteiger partial charge in [0.15, 0.2) is 0 Å². The first kappa shape index (κ1) is 23.1. The first-order valence-corrected chi connectivity index (χ1v) is 11.9. The van der Waals surface area contributed by atoms with Crippen molar-refractivity contribution in [2.75, 3.05) is 13.2 Å². The minimum atomic E-state index is -0.306. The van der Waals surface area contributed by atoms with E-state index in [0.29, 0.717) is 19.7 Å². The summed E-state index contributed by atoms with van der Waals surface area (Å²) in [5.74, 6) is 0.309. The van der Waals surface area contributed by atoms with Crippen LogP contribution in [0.1, 0.15) is 34.7 Å². The number of carbonyl (C=O) groups excluding carboxylic acids is 1. The van der Waals surface area contributed by atoms with E-state index in [2.05, 4.69) is 4.98 Å². The van der Waals surface area contributed by atoms with Crippen molar-refractivity contribution in [1.82, 2.24) is 9.88 Å². The fraction of sp³-hybridized carbons (Fsp3) is 0.308. The van der Waals surface area contributed by atoms with Crippen molar-refractivity contribution in [3.8, 4) is 5.75 Å². The molecule has 2 heterocycles. The normalized spacial score (nSPS) is 15.8. The second-order valence-corrected chi connectivity index (χ2v) is 9.09. The van der Waals surface area contributed by atoms with E-state index in [1.807, 2.05) is 42.6 Å². The highest BCUT2D eigenvalue weighted by atomic mass is 32.1. The van der Waals surface area contributed by atoms with E-state index in [1.165, 1.54) is 12.1 Å². The smallest absolute Gasteiger partial charge is 0.246 e. The summed E-state index contributed by atoms with van der Waals surface area (Å²) < 4.78 is 25.1. The summed E-state index contributed by atoms with van der Waals surface area (Å²) in [4.78, 5) is 19.1. The highest BCUT2D eigenvalue weighted by Crippen LogP contribution is 2.18. The number of thiazole rings is 1. The zero-order valence-electron chi connectivity index (χ0n) is 18.6. The number of hydrogen-bond donors (Lipinski definition) is 0. The number of rotatable bonds is 9. The summed E-state index contributed by atoms with van der Waals surface area (Å²) in [6.07, 6.45) is 5.29. The van der Waals surface area contributed by atoms with Crippen LogP contribution in [0.5, 0.6) is 5.75 Å². The minimum Gasteiger partial charge on any atom is -0.487 e. The standard InChI is InChI=1S/C26H27FN2O3S/c1-19-28-23(18-33-19)17-32-24-10-7-20(8-11-24)9-12-26(30)29(16-25-6-3-13-31-25)15-21-4-2-5-22(27)14-21/h2,4-5,7-12,14,18,25H,3,6,13,15-17H2,1H3/b12-9+. The van der Waals surface area contributed by atoms with Crippen molar-refractivity contribution in [1.29, 1.82) is 0 Å². The van der Waals surface area contributed by atoms with Crippen LogP contribution in [0.2, 0.25) is 0 Å². The Kier molecular flexibility index (Phi) is 7.86. The molecule has 1 aliphatic heterocycles. The van der Waals surface area contributed by atoms with Crippen molar-refractivity contribution >= 4 is 23.3 Å². The molecule has 2 aromatic carbocycles. The lowest BCUT2D eigenvalue weighted by Gasteiger charge is -2.24. The molecule has 1 unspecified atom stereocenters. The number of halogens is 1. The summed E-state index contributed by atoms with van der Waals surface area (Å²) in [5.41, 5.74) is 2.56. The van der Waals surface area contributed by atoms with Gasteiger partial charge in [-0.15, -0.1) is 11.3 Å². The van der Waals surface area contributed by atoms with Crippen LogP contribution in [0.15, 0.2) is 60.0 Å². The largest absolute Gasteiger partial charge is 0.487 e. The summed E-state index contributed by atoms with van der Waals surface area (Å²) in [7, 11) is 0. The van der Waals surface area contributed by atoms with Crippen LogP contribution in [0.3, 0.4) is 0 Å². The van der Waals surface area contributed by atoms with E-state index in [9.17, 15) is 9.18 Å². The average molecular weight is 467 g/mol. The Morgan fingerprint density at radius 3 is 2.85 bits per heavy atom. The van der Waals surface area contributed by atoms with E-state index in [0.717, 1.165) is 47.0 Å². The first-order chi connectivity index (χ1) is 16.0. The van der Waals surface area contributed by atoms with Gasteiger partial charge in [0.05, 0.1) is 16.8 Å². The molecule has 33 heavy (non-hydrogen) atoms. The fourth-order valence-electron chi connectivity index (χ4n) is 3.70. The number of aromatic nitrogens is 1. The number of aryl methyl sites for hydroxylation is 1. The molecule has 1 fully saturated rings. The molecule has 1 atom stereocenters. The van der Waals surface area contributed by atoms with Crippen LogP contribution in [0.25, 0.3) is 6.08 Å². The van der Waals surface area contributed by atoms with Crippen LogP contribution in [0.4, 0.5) is 4.39 Å². The van der Waals surface area contributed by atoms with Gasteiger partial charge in [-0.2, -0.15) is 0 Å². The molecule has 7 heteroatoms. The van der Waals surface area contributed by atoms with E-state index < -0.39 is 0 Å². The monoisotopic (exact) mass is 466 g/mol. The second kappa shape index (κ2) is 11.2. The maximum Gasteiger partial charge on any atom is 0.246 e. The van der Waals surface area contributed by atoms with Gasteiger partial charge >= 0.3 is 0 Å². The van der Waals surface area contributed by atoms with Gasteiger partial charge in [-0.1, -0.05) is 24.3 Å². The minimum absolute atomic E-state index is 0.0221. The van der Waals surface area contributed by atoms with Gasteiger partial charge in [-0.05, 0) is 61.2 Å². The van der Waals surface area contributed by atoms with Crippen LogP contribution in [0, 0.1) is 12.7 Å². The lowest BCUT2D eigenvalue weighted by Crippen LogP contribution is -2.35. The van der Waals surface area contributed by atoms with Crippen molar-refractivity contribution < 1.29 is 18.7 Å². The molecule has 0 spiro atoms. The van der Waals surface area contributed by atoms with E-state index in [1.54, 1.807) is 34.5 Å². The zero-order valence-corrected chi connectivity index (χ0v) is 19.4. The average Bonchev–Trinajstić information content (AvgIpc) is 3.48. The summed E-state index contributed by atoms with van der Waals surface area (Å²) in [6, 6.07) is 13.9. The van der Waals surface area contributed by atoms with Crippen LogP contribution in [-0.2, 0) is 22.7 Å². The summed E-state index contributed by atoms with van der Waals surface area (Å²) >= 11 is 1.60. The Balaban J connectivity index is 1.37. The molecule has 4 rings (SSSR count). The van der Waals surface area contributed by atoms with Gasteiger partial charge in [-0.3, -0.25) is 4.79 Å². The topological polar surface area (TPSA) is 51.7 Å². The summed E-state index contributed by atoms with van der Waals surface area (Å²) in [6.45, 7) is 3.94. The SMILES string of the molecule is Cc1nc(COc2ccc(/C=C/C(=O)N(Cc3cccc(F)c3)CC3CCCO3)cc2)cs1. The van der Waals surface area contributed by atoms with Crippen molar-refractivity contribution in [3.05, 3.63) is 87.6 Å². The lowest BCUT2D eigenvalue weighted by atomic mass is 10.1. The van der Waals surface area contributed by atoms with Crippen molar-refractivity contribution in [2.24, 2.45) is 0 Å². The maximum absolute atomic E-state index is 13.6. The van der Waals surface area contributed by atoms with Gasteiger partial charge in [0, 0.05) is 31.2 Å². The third-order valence-electron chi connectivity index (χ3n) is 5.37. The van der Waals surface area contributed by atoms with Gasteiger partial charge in [0.1, 0.15) is 18.2 Å². The van der Waals surface area contributed by atoms with Crippen LogP contribution >= 0.6 is 11.3 Å². The number of benzene rings is 2. The van der Waals surface area contributed by atoms with Gasteiger partial charge in [0.25, 0.3) is 0 Å². The lowest BCUT2D eigenvalue weighted by molar-refractivity contribution is -0.128. The van der Waals surface area contributed by atoms with Gasteiger partial charge in [-0.25, -0.2) is 9.37 Å². The molecule has 1 aromatic heterocycles. The number of ether oxygens (including phenoxy) is 2. The quantitative estimate of drug-likeness (QED) is 0.397. The number of carbonyl (C=O) groups is 1. The molecule has 5 nitrogen and oxygen atoms in total. The second-order valence-electron chi connectivity index (χ2n) is 8.03. The molecule has 1 aliphatic rings. The Hall–Kier alpha value is -3.03. The van der Waals surface area contributed by atoms with Crippen LogP contribution < -0.4 is 4.74 Å². The molecule has 0 saturated carbocycles. The predicted octanol–water partition coefficient (Wildman–Crippen LogP) is 5.39. The molecule has 172 valence electrons. The van der Waals surface area contributed by atoms with E-state index in [4.69, 9.17) is 9.47 Å². The molecule has 1 amide bonds. The fourth-order valence-corrected chi connectivity index (χ4v) is 4.30. The first-order valence-electron chi connectivity index (χ1n) is 11.0. The molecule has 0 N–H and O–H groups in total. The molecule has 0 aliphatic carbocycles. The van der Waals surface area contributed by atoms with Gasteiger partial charge in [0.2, 0.25) is 5.91 Å². The molecular weight excluding hydrogens is 439 g/mol. The Morgan fingerprint density at radius 2 is 2.15 bits per heavy atom. The number of nitrogens with zero attached hydrogens (tertiary/aromatic N) is 2. The Bertz CT molecular complexity index is 1090. The van der Waals surface area contributed by atoms with E-state index in [-0.39, 0.29) is 17.8 Å². The number of hydrogen-bond acceptors (Lipinski definition) is 5. The maximum atomic E-state index is 13.6. The van der Waals surface area contributed by atoms with Crippen molar-refractivity contribution in [2.45, 2.75) is 39.0 Å². The predicted molar refractivity (Wildman–Crippen MR) is 127 cm³/mol. The van der Waals surface area contributed by atoms with Crippen LogP contribution in [-0.4, -0.2) is 35.0 Å². The van der Waals surface area contributed by atoms with E-state index >= 15 is 0 Å².